The van der Waals surface area contributed by atoms with E-state index in [0.29, 0.717) is 0 Å². The molecule has 2 aliphatic heterocycles. The van der Waals surface area contributed by atoms with Crippen LogP contribution in [-0.2, 0) is 4.84 Å². The lowest BCUT2D eigenvalue weighted by Crippen LogP contribution is -2.42. The zero-order valence-corrected chi connectivity index (χ0v) is 11.4. The van der Waals surface area contributed by atoms with Crippen LogP contribution >= 0.6 is 0 Å². The summed E-state index contributed by atoms with van der Waals surface area (Å²) in [5, 5.41) is 10.3. The van der Waals surface area contributed by atoms with Crippen LogP contribution in [0.4, 0.5) is 0 Å². The second kappa shape index (κ2) is 4.60. The standard InChI is InChI=1S/C17H18N2O/c1-2-4-14-11-15(6-5-13(14)3-1)16-12-17(20-19-16)7-9-18-10-8-17/h1-6,11,18H,7-10,12H2. The Kier molecular flexibility index (Phi) is 2.74. The fraction of sp³-hybridized carbons (Fsp3) is 0.353. The summed E-state index contributed by atoms with van der Waals surface area (Å²) < 4.78 is 0. The molecular formula is C17H18N2O. The molecule has 1 fully saturated rings. The minimum absolute atomic E-state index is 0.0494. The Morgan fingerprint density at radius 2 is 1.80 bits per heavy atom. The average molecular weight is 266 g/mol. The van der Waals surface area contributed by atoms with Crippen molar-refractivity contribution in [2.75, 3.05) is 13.1 Å². The van der Waals surface area contributed by atoms with Gasteiger partial charge in [0.25, 0.3) is 0 Å². The van der Waals surface area contributed by atoms with Gasteiger partial charge in [0.2, 0.25) is 0 Å². The van der Waals surface area contributed by atoms with Gasteiger partial charge in [-0.15, -0.1) is 0 Å². The minimum Gasteiger partial charge on any atom is -0.388 e. The van der Waals surface area contributed by atoms with Crippen molar-refractivity contribution >= 4 is 16.5 Å². The van der Waals surface area contributed by atoms with Crippen molar-refractivity contribution in [3.63, 3.8) is 0 Å². The van der Waals surface area contributed by atoms with Gasteiger partial charge in [0.15, 0.2) is 0 Å². The molecule has 20 heavy (non-hydrogen) atoms. The van der Waals surface area contributed by atoms with Gasteiger partial charge in [0.05, 0.1) is 5.71 Å². The highest BCUT2D eigenvalue weighted by atomic mass is 16.7. The maximum atomic E-state index is 5.81. The molecule has 0 aliphatic carbocycles. The van der Waals surface area contributed by atoms with Gasteiger partial charge in [-0.3, -0.25) is 0 Å². The molecule has 0 atom stereocenters. The zero-order chi connectivity index (χ0) is 13.4. The monoisotopic (exact) mass is 266 g/mol. The number of oxime groups is 1. The summed E-state index contributed by atoms with van der Waals surface area (Å²) in [5.41, 5.74) is 2.24. The summed E-state index contributed by atoms with van der Waals surface area (Å²) in [7, 11) is 0. The van der Waals surface area contributed by atoms with Gasteiger partial charge in [0.1, 0.15) is 5.60 Å². The molecule has 4 rings (SSSR count). The van der Waals surface area contributed by atoms with Crippen LogP contribution in [0.1, 0.15) is 24.8 Å². The van der Waals surface area contributed by atoms with E-state index in [-0.39, 0.29) is 5.60 Å². The van der Waals surface area contributed by atoms with E-state index < -0.39 is 0 Å². The second-order valence-corrected chi connectivity index (χ2v) is 5.80. The lowest BCUT2D eigenvalue weighted by Gasteiger charge is -2.30. The maximum Gasteiger partial charge on any atom is 0.145 e. The minimum atomic E-state index is -0.0494. The van der Waals surface area contributed by atoms with Gasteiger partial charge in [-0.05, 0) is 29.9 Å². The lowest BCUT2D eigenvalue weighted by molar-refractivity contribution is -0.0400. The van der Waals surface area contributed by atoms with E-state index in [1.165, 1.54) is 16.3 Å². The summed E-state index contributed by atoms with van der Waals surface area (Å²) in [4.78, 5) is 5.81. The van der Waals surface area contributed by atoms with E-state index in [4.69, 9.17) is 4.84 Å². The molecule has 3 nitrogen and oxygen atoms in total. The van der Waals surface area contributed by atoms with Gasteiger partial charge in [-0.25, -0.2) is 0 Å². The van der Waals surface area contributed by atoms with Gasteiger partial charge < -0.3 is 10.2 Å². The molecule has 1 spiro atoms. The van der Waals surface area contributed by atoms with Crippen molar-refractivity contribution in [1.82, 2.24) is 5.32 Å². The number of nitrogens with zero attached hydrogens (tertiary/aromatic N) is 1. The molecule has 0 bridgehead atoms. The number of piperidine rings is 1. The van der Waals surface area contributed by atoms with Gasteiger partial charge in [-0.1, -0.05) is 41.6 Å². The first-order valence-corrected chi connectivity index (χ1v) is 7.30. The molecule has 0 aromatic heterocycles. The van der Waals surface area contributed by atoms with Crippen LogP contribution in [0.3, 0.4) is 0 Å². The maximum absolute atomic E-state index is 5.81. The van der Waals surface area contributed by atoms with Gasteiger partial charge >= 0.3 is 0 Å². The van der Waals surface area contributed by atoms with Gasteiger partial charge in [-0.2, -0.15) is 0 Å². The SMILES string of the molecule is c1ccc2cc(C3=NOC4(CCNCC4)C3)ccc2c1. The normalized spacial score (nSPS) is 20.9. The van der Waals surface area contributed by atoms with Crippen LogP contribution in [0.15, 0.2) is 47.6 Å². The van der Waals surface area contributed by atoms with Crippen LogP contribution in [0.2, 0.25) is 0 Å². The topological polar surface area (TPSA) is 33.6 Å². The van der Waals surface area contributed by atoms with Crippen molar-refractivity contribution in [2.45, 2.75) is 24.9 Å². The third-order valence-electron chi connectivity index (χ3n) is 4.44. The van der Waals surface area contributed by atoms with E-state index in [1.807, 2.05) is 0 Å². The molecule has 1 N–H and O–H groups in total. The Hall–Kier alpha value is -1.87. The summed E-state index contributed by atoms with van der Waals surface area (Å²) in [5.74, 6) is 0. The number of fused-ring (bicyclic) bond motifs is 1. The molecule has 3 heteroatoms. The molecule has 2 heterocycles. The Balaban J connectivity index is 1.63. The van der Waals surface area contributed by atoms with Crippen LogP contribution in [0.25, 0.3) is 10.8 Å². The van der Waals surface area contributed by atoms with Crippen molar-refractivity contribution in [1.29, 1.82) is 0 Å². The Morgan fingerprint density at radius 1 is 1.00 bits per heavy atom. The predicted molar refractivity (Wildman–Crippen MR) is 81.0 cm³/mol. The fourth-order valence-electron chi connectivity index (χ4n) is 3.20. The molecule has 2 aliphatic rings. The number of hydrogen-bond donors (Lipinski definition) is 1. The van der Waals surface area contributed by atoms with E-state index in [0.717, 1.165) is 38.1 Å². The first-order chi connectivity index (χ1) is 9.85. The molecule has 0 saturated carbocycles. The number of benzene rings is 2. The third-order valence-corrected chi connectivity index (χ3v) is 4.44. The van der Waals surface area contributed by atoms with E-state index in [1.54, 1.807) is 0 Å². The molecule has 2 aromatic rings. The van der Waals surface area contributed by atoms with Crippen LogP contribution in [0, 0.1) is 0 Å². The molecule has 1 saturated heterocycles. The van der Waals surface area contributed by atoms with Crippen molar-refractivity contribution in [3.05, 3.63) is 48.0 Å². The highest BCUT2D eigenvalue weighted by molar-refractivity contribution is 6.04. The van der Waals surface area contributed by atoms with Crippen LogP contribution in [-0.4, -0.2) is 24.4 Å². The first kappa shape index (κ1) is 11.9. The smallest absolute Gasteiger partial charge is 0.145 e. The Morgan fingerprint density at radius 3 is 2.65 bits per heavy atom. The van der Waals surface area contributed by atoms with E-state index >= 15 is 0 Å². The van der Waals surface area contributed by atoms with E-state index in [2.05, 4.69) is 52.9 Å². The summed E-state index contributed by atoms with van der Waals surface area (Å²) in [6, 6.07) is 15.0. The largest absolute Gasteiger partial charge is 0.388 e. The molecule has 102 valence electrons. The summed E-state index contributed by atoms with van der Waals surface area (Å²) in [6.45, 7) is 2.06. The van der Waals surface area contributed by atoms with Gasteiger partial charge in [0, 0.05) is 24.8 Å². The second-order valence-electron chi connectivity index (χ2n) is 5.80. The van der Waals surface area contributed by atoms with Crippen molar-refractivity contribution < 1.29 is 4.84 Å². The highest BCUT2D eigenvalue weighted by Gasteiger charge is 2.40. The number of nitrogens with one attached hydrogen (secondary N) is 1. The predicted octanol–water partition coefficient (Wildman–Crippen LogP) is 3.09. The van der Waals surface area contributed by atoms with Crippen LogP contribution < -0.4 is 5.32 Å². The highest BCUT2D eigenvalue weighted by Crippen LogP contribution is 2.34. The molecule has 0 radical (unpaired) electrons. The number of rotatable bonds is 1. The molecule has 0 unspecified atom stereocenters. The Labute approximate surface area is 118 Å². The molecule has 2 aromatic carbocycles. The third kappa shape index (κ3) is 1.98. The quantitative estimate of drug-likeness (QED) is 0.860. The summed E-state index contributed by atoms with van der Waals surface area (Å²) >= 11 is 0. The molecule has 0 amide bonds. The van der Waals surface area contributed by atoms with Crippen molar-refractivity contribution in [3.8, 4) is 0 Å². The molecular weight excluding hydrogens is 248 g/mol. The zero-order valence-electron chi connectivity index (χ0n) is 11.4. The fourth-order valence-corrected chi connectivity index (χ4v) is 3.20. The lowest BCUT2D eigenvalue weighted by atomic mass is 9.86. The Bertz CT molecular complexity index is 671. The average Bonchev–Trinajstić information content (AvgIpc) is 2.91. The van der Waals surface area contributed by atoms with E-state index in [9.17, 15) is 0 Å². The summed E-state index contributed by atoms with van der Waals surface area (Å²) in [6.07, 6.45) is 3.04. The van der Waals surface area contributed by atoms with Crippen molar-refractivity contribution in [2.24, 2.45) is 5.16 Å². The first-order valence-electron chi connectivity index (χ1n) is 7.30. The van der Waals surface area contributed by atoms with Crippen LogP contribution in [0.5, 0.6) is 0 Å². The number of hydrogen-bond acceptors (Lipinski definition) is 3.